The van der Waals surface area contributed by atoms with E-state index in [1.165, 1.54) is 0 Å². The van der Waals surface area contributed by atoms with E-state index in [1.807, 2.05) is 13.8 Å². The maximum atomic E-state index is 13.4. The van der Waals surface area contributed by atoms with Crippen LogP contribution < -0.4 is 0 Å². The van der Waals surface area contributed by atoms with Crippen molar-refractivity contribution in [3.05, 3.63) is 0 Å². The predicted molar refractivity (Wildman–Crippen MR) is 103 cm³/mol. The number of rotatable bonds is 8. The van der Waals surface area contributed by atoms with E-state index in [4.69, 9.17) is 4.74 Å². The summed E-state index contributed by atoms with van der Waals surface area (Å²) in [6, 6.07) is 0. The molecule has 2 aliphatic rings. The number of hydrogen-bond acceptors (Lipinski definition) is 3. The summed E-state index contributed by atoms with van der Waals surface area (Å²) in [5.41, 5.74) is -5.99. The largest absolute Gasteiger partial charge is 0.462 e. The Hall–Kier alpha value is -0.990. The Morgan fingerprint density at radius 2 is 1.52 bits per heavy atom. The Balaban J connectivity index is 2.39. The number of fused-ring (bicyclic) bond motifs is 2. The van der Waals surface area contributed by atoms with E-state index in [0.29, 0.717) is 25.7 Å². The summed E-state index contributed by atoms with van der Waals surface area (Å²) in [5.74, 6) is -1.45. The molecule has 0 amide bonds. The molecule has 1 N–H and O–H groups in total. The standard InChI is InChI=1S/C22H34F6O3/c1-12(2)10-19(5,13(3)4)18(29)31-17(16-9-14-6-7-15(16)8-14)11-20(30,21(23,24)25)22(26,27)28/h12-17,30H,6-11H2,1-5H3. The van der Waals surface area contributed by atoms with Gasteiger partial charge in [-0.25, -0.2) is 0 Å². The molecule has 9 heteroatoms. The highest BCUT2D eigenvalue weighted by Gasteiger charge is 2.71. The van der Waals surface area contributed by atoms with Crippen LogP contribution in [-0.2, 0) is 9.53 Å². The molecule has 2 saturated carbocycles. The topological polar surface area (TPSA) is 46.5 Å². The molecule has 0 heterocycles. The van der Waals surface area contributed by atoms with Crippen LogP contribution in [0, 0.1) is 35.0 Å². The van der Waals surface area contributed by atoms with Crippen LogP contribution in [0.1, 0.15) is 73.1 Å². The second-order valence-corrected chi connectivity index (χ2v) is 10.5. The monoisotopic (exact) mass is 460 g/mol. The van der Waals surface area contributed by atoms with Crippen LogP contribution in [0.25, 0.3) is 0 Å². The molecule has 2 fully saturated rings. The fraction of sp³-hybridized carbons (Fsp3) is 0.955. The van der Waals surface area contributed by atoms with Crippen molar-refractivity contribution in [2.24, 2.45) is 35.0 Å². The first-order valence-corrected chi connectivity index (χ1v) is 11.0. The minimum atomic E-state index is -5.94. The summed E-state index contributed by atoms with van der Waals surface area (Å²) in [7, 11) is 0. The number of esters is 1. The molecule has 0 aromatic heterocycles. The number of carbonyl (C=O) groups is 1. The lowest BCUT2D eigenvalue weighted by Gasteiger charge is -2.40. The van der Waals surface area contributed by atoms with E-state index < -0.39 is 47.8 Å². The first kappa shape index (κ1) is 26.3. The summed E-state index contributed by atoms with van der Waals surface area (Å²) in [6.07, 6.45) is -12.2. The minimum Gasteiger partial charge on any atom is -0.462 e. The minimum absolute atomic E-state index is 0.0724. The SMILES string of the molecule is CC(C)CC(C)(C(=O)OC(CC(O)(C(F)(F)F)C(F)(F)F)C1CC2CCC1C2)C(C)C. The van der Waals surface area contributed by atoms with Crippen molar-refractivity contribution in [3.63, 3.8) is 0 Å². The van der Waals surface area contributed by atoms with Crippen LogP contribution in [-0.4, -0.2) is 35.1 Å². The molecule has 3 nitrogen and oxygen atoms in total. The summed E-state index contributed by atoms with van der Waals surface area (Å²) >= 11 is 0. The summed E-state index contributed by atoms with van der Waals surface area (Å²) in [4.78, 5) is 13.1. The van der Waals surface area contributed by atoms with Gasteiger partial charge in [-0.2, -0.15) is 26.3 Å². The first-order valence-electron chi connectivity index (χ1n) is 11.0. The highest BCUT2D eigenvalue weighted by atomic mass is 19.4. The highest BCUT2D eigenvalue weighted by Crippen LogP contribution is 2.54. The van der Waals surface area contributed by atoms with Gasteiger partial charge in [0.1, 0.15) is 6.10 Å². The fourth-order valence-electron chi connectivity index (χ4n) is 5.39. The zero-order valence-electron chi connectivity index (χ0n) is 18.7. The van der Waals surface area contributed by atoms with Gasteiger partial charge in [0.2, 0.25) is 0 Å². The molecule has 182 valence electrons. The van der Waals surface area contributed by atoms with Crippen LogP contribution in [0.4, 0.5) is 26.3 Å². The fourth-order valence-corrected chi connectivity index (χ4v) is 5.39. The summed E-state index contributed by atoms with van der Waals surface area (Å²) < 4.78 is 85.9. The summed E-state index contributed by atoms with van der Waals surface area (Å²) in [5, 5.41) is 9.81. The van der Waals surface area contributed by atoms with Gasteiger partial charge >= 0.3 is 18.3 Å². The van der Waals surface area contributed by atoms with Gasteiger partial charge in [0.05, 0.1) is 5.41 Å². The molecule has 0 aromatic rings. The van der Waals surface area contributed by atoms with Gasteiger partial charge < -0.3 is 9.84 Å². The van der Waals surface area contributed by atoms with Crippen LogP contribution in [0.5, 0.6) is 0 Å². The lowest BCUT2D eigenvalue weighted by molar-refractivity contribution is -0.375. The van der Waals surface area contributed by atoms with E-state index in [9.17, 15) is 36.2 Å². The third-order valence-electron chi connectivity index (χ3n) is 7.54. The van der Waals surface area contributed by atoms with Crippen LogP contribution >= 0.6 is 0 Å². The van der Waals surface area contributed by atoms with Crippen LogP contribution in [0.15, 0.2) is 0 Å². The Bertz CT molecular complexity index is 628. The molecule has 31 heavy (non-hydrogen) atoms. The van der Waals surface area contributed by atoms with Crippen molar-refractivity contribution in [1.29, 1.82) is 0 Å². The number of alkyl halides is 6. The van der Waals surface area contributed by atoms with Crippen molar-refractivity contribution in [1.82, 2.24) is 0 Å². The quantitative estimate of drug-likeness (QED) is 0.342. The number of ether oxygens (including phenoxy) is 1. The van der Waals surface area contributed by atoms with Crippen molar-refractivity contribution in [3.8, 4) is 0 Å². The first-order chi connectivity index (χ1) is 13.9. The smallest absolute Gasteiger partial charge is 0.426 e. The van der Waals surface area contributed by atoms with Crippen molar-refractivity contribution in [2.75, 3.05) is 0 Å². The maximum absolute atomic E-state index is 13.4. The molecule has 0 spiro atoms. The van der Waals surface area contributed by atoms with Crippen molar-refractivity contribution < 1.29 is 41.0 Å². The number of carbonyl (C=O) groups excluding carboxylic acids is 1. The molecule has 0 radical (unpaired) electrons. The molecule has 2 rings (SSSR count). The van der Waals surface area contributed by atoms with E-state index in [1.54, 1.807) is 20.8 Å². The van der Waals surface area contributed by atoms with Gasteiger partial charge in [0, 0.05) is 6.42 Å². The average Bonchev–Trinajstić information content (AvgIpc) is 3.21. The van der Waals surface area contributed by atoms with Gasteiger partial charge in [0.25, 0.3) is 5.60 Å². The van der Waals surface area contributed by atoms with Gasteiger partial charge in [-0.15, -0.1) is 0 Å². The Morgan fingerprint density at radius 1 is 0.968 bits per heavy atom. The van der Waals surface area contributed by atoms with E-state index in [0.717, 1.165) is 6.42 Å². The van der Waals surface area contributed by atoms with E-state index in [2.05, 4.69) is 0 Å². The normalized spacial score (nSPS) is 27.6. The van der Waals surface area contributed by atoms with E-state index in [-0.39, 0.29) is 23.7 Å². The van der Waals surface area contributed by atoms with Crippen molar-refractivity contribution in [2.45, 2.75) is 97.2 Å². The molecule has 2 bridgehead atoms. The van der Waals surface area contributed by atoms with Crippen molar-refractivity contribution >= 4 is 5.97 Å². The van der Waals surface area contributed by atoms with Crippen LogP contribution in [0.2, 0.25) is 0 Å². The lowest BCUT2D eigenvalue weighted by atomic mass is 9.73. The third-order valence-corrected chi connectivity index (χ3v) is 7.54. The predicted octanol–water partition coefficient (Wildman–Crippen LogP) is 6.29. The number of aliphatic hydroxyl groups is 1. The molecule has 0 aliphatic heterocycles. The van der Waals surface area contributed by atoms with Crippen LogP contribution in [0.3, 0.4) is 0 Å². The number of hydrogen-bond donors (Lipinski definition) is 1. The van der Waals surface area contributed by atoms with E-state index >= 15 is 0 Å². The highest BCUT2D eigenvalue weighted by molar-refractivity contribution is 5.77. The third kappa shape index (κ3) is 5.17. The zero-order chi connectivity index (χ0) is 24.0. The maximum Gasteiger partial charge on any atom is 0.426 e. The lowest BCUT2D eigenvalue weighted by Crippen LogP contribution is -2.59. The Kier molecular flexibility index (Phi) is 7.41. The van der Waals surface area contributed by atoms with Gasteiger partial charge in [-0.1, -0.05) is 34.1 Å². The average molecular weight is 460 g/mol. The molecule has 5 atom stereocenters. The zero-order valence-corrected chi connectivity index (χ0v) is 18.7. The van der Waals surface area contributed by atoms with Gasteiger partial charge in [-0.05, 0) is 62.2 Å². The molecule has 5 unspecified atom stereocenters. The molecular weight excluding hydrogens is 426 g/mol. The molecule has 2 aliphatic carbocycles. The second-order valence-electron chi connectivity index (χ2n) is 10.5. The van der Waals surface area contributed by atoms with Gasteiger partial charge in [-0.3, -0.25) is 4.79 Å². The Morgan fingerprint density at radius 3 is 1.87 bits per heavy atom. The van der Waals surface area contributed by atoms with Gasteiger partial charge in [0.15, 0.2) is 0 Å². The second kappa shape index (κ2) is 8.75. The Labute approximate surface area is 179 Å². The number of halogens is 6. The summed E-state index contributed by atoms with van der Waals surface area (Å²) in [6.45, 7) is 8.95. The molecule has 0 saturated heterocycles. The molecular formula is C22H34F6O3. The molecule has 0 aromatic carbocycles.